The van der Waals surface area contributed by atoms with Crippen LogP contribution >= 0.6 is 0 Å². The van der Waals surface area contributed by atoms with Gasteiger partial charge in [0, 0.05) is 18.3 Å². The highest BCUT2D eigenvalue weighted by molar-refractivity contribution is 5.79. The fourth-order valence-electron chi connectivity index (χ4n) is 3.46. The highest BCUT2D eigenvalue weighted by atomic mass is 16.1. The van der Waals surface area contributed by atoms with Crippen molar-refractivity contribution in [2.45, 2.75) is 111 Å². The van der Waals surface area contributed by atoms with Crippen molar-refractivity contribution < 1.29 is 4.79 Å². The average Bonchev–Trinajstić information content (AvgIpc) is 2.90. The summed E-state index contributed by atoms with van der Waals surface area (Å²) in [7, 11) is 0. The van der Waals surface area contributed by atoms with Crippen LogP contribution in [-0.4, -0.2) is 31.1 Å². The van der Waals surface area contributed by atoms with E-state index in [1.165, 1.54) is 30.4 Å². The Hall–Kier alpha value is -2.37. The van der Waals surface area contributed by atoms with Gasteiger partial charge >= 0.3 is 0 Å². The Labute approximate surface area is 229 Å². The normalized spacial score (nSPS) is 11.6. The highest BCUT2D eigenvalue weighted by Crippen LogP contribution is 2.10. The van der Waals surface area contributed by atoms with Crippen molar-refractivity contribution in [2.24, 2.45) is 11.5 Å². The van der Waals surface area contributed by atoms with E-state index in [1.807, 2.05) is 20.8 Å². The Morgan fingerprint density at radius 1 is 1.03 bits per heavy atom. The number of nitrogens with one attached hydrogen (secondary N) is 2. The molecule has 0 saturated heterocycles. The minimum Gasteiger partial charge on any atom is -0.389 e. The van der Waals surface area contributed by atoms with Crippen LogP contribution in [0.1, 0.15) is 97.1 Å². The lowest BCUT2D eigenvalue weighted by Gasteiger charge is -2.14. The van der Waals surface area contributed by atoms with Crippen molar-refractivity contribution >= 4 is 5.91 Å². The van der Waals surface area contributed by atoms with Crippen molar-refractivity contribution in [2.75, 3.05) is 13.1 Å². The van der Waals surface area contributed by atoms with E-state index in [4.69, 9.17) is 11.5 Å². The molecule has 2 atom stereocenters. The molecule has 5 nitrogen and oxygen atoms in total. The van der Waals surface area contributed by atoms with Crippen molar-refractivity contribution in [3.63, 3.8) is 0 Å². The van der Waals surface area contributed by atoms with Gasteiger partial charge in [-0.15, -0.1) is 0 Å². The first-order valence-electron chi connectivity index (χ1n) is 14.2. The Morgan fingerprint density at radius 2 is 1.65 bits per heavy atom. The number of aryl methyl sites for hydroxylation is 2. The van der Waals surface area contributed by atoms with E-state index >= 15 is 0 Å². The van der Waals surface area contributed by atoms with E-state index in [0.717, 1.165) is 62.9 Å². The summed E-state index contributed by atoms with van der Waals surface area (Å²) in [4.78, 5) is 10.9. The Balaban J connectivity index is 0. The topological polar surface area (TPSA) is 93.2 Å². The third-order valence-corrected chi connectivity index (χ3v) is 5.94. The van der Waals surface area contributed by atoms with Crippen LogP contribution in [0.15, 0.2) is 61.3 Å². The molecule has 0 spiro atoms. The number of unbranched alkanes of at least 4 members (excludes halogenated alkanes) is 3. The summed E-state index contributed by atoms with van der Waals surface area (Å²) in [5.41, 5.74) is 15.8. The minimum absolute atomic E-state index is 0.419. The van der Waals surface area contributed by atoms with Gasteiger partial charge in [0.25, 0.3) is 0 Å². The number of carbonyl (C=O) groups is 1. The van der Waals surface area contributed by atoms with E-state index in [-0.39, 0.29) is 0 Å². The predicted octanol–water partition coefficient (Wildman–Crippen LogP) is 6.58. The number of hydrogen-bond donors (Lipinski definition) is 4. The average molecular weight is 515 g/mol. The van der Waals surface area contributed by atoms with Gasteiger partial charge in [0.1, 0.15) is 0 Å². The van der Waals surface area contributed by atoms with Gasteiger partial charge in [-0.25, -0.2) is 0 Å². The van der Waals surface area contributed by atoms with Crippen LogP contribution in [0, 0.1) is 0 Å². The molecular weight excluding hydrogens is 456 g/mol. The summed E-state index contributed by atoms with van der Waals surface area (Å²) in [6.07, 6.45) is 12.3. The second-order valence-corrected chi connectivity index (χ2v) is 9.46. The van der Waals surface area contributed by atoms with Gasteiger partial charge in [0.15, 0.2) is 0 Å². The molecule has 37 heavy (non-hydrogen) atoms. The van der Waals surface area contributed by atoms with E-state index in [2.05, 4.69) is 68.5 Å². The molecule has 1 amide bonds. The Kier molecular flexibility index (Phi) is 25.1. The van der Waals surface area contributed by atoms with Crippen LogP contribution in [0.4, 0.5) is 0 Å². The summed E-state index contributed by atoms with van der Waals surface area (Å²) in [6, 6.07) is 8.99. The number of primary amides is 1. The number of carbonyl (C=O) groups excluding carboxylic acids is 1. The molecule has 5 heteroatoms. The van der Waals surface area contributed by atoms with Gasteiger partial charge in [0.05, 0.1) is 6.04 Å². The molecule has 0 heterocycles. The lowest BCUT2D eigenvalue weighted by molar-refractivity contribution is -0.119. The van der Waals surface area contributed by atoms with E-state index < -0.39 is 11.9 Å². The number of allylic oxidation sites excluding steroid dienone is 3. The zero-order valence-corrected chi connectivity index (χ0v) is 24.7. The molecule has 212 valence electrons. The monoisotopic (exact) mass is 514 g/mol. The lowest BCUT2D eigenvalue weighted by Crippen LogP contribution is -2.36. The number of rotatable bonds is 19. The highest BCUT2D eigenvalue weighted by Gasteiger charge is 2.07. The molecule has 6 N–H and O–H groups in total. The van der Waals surface area contributed by atoms with Crippen molar-refractivity contribution in [1.82, 2.24) is 10.6 Å². The van der Waals surface area contributed by atoms with Gasteiger partial charge in [-0.05, 0) is 89.3 Å². The fourth-order valence-corrected chi connectivity index (χ4v) is 3.46. The SMILES string of the molecule is C=C(CCCCCNC(C)CCc1cccc(CC)c1)NCCCC[C@H](N)C(N)=O.C=CC(=C)C.CC. The molecule has 0 aliphatic rings. The molecule has 1 rings (SSSR count). The smallest absolute Gasteiger partial charge is 0.234 e. The van der Waals surface area contributed by atoms with Gasteiger partial charge in [-0.2, -0.15) is 0 Å². The van der Waals surface area contributed by atoms with E-state index in [0.29, 0.717) is 12.5 Å². The maximum atomic E-state index is 10.9. The maximum Gasteiger partial charge on any atom is 0.234 e. The van der Waals surface area contributed by atoms with Crippen LogP contribution in [-0.2, 0) is 17.6 Å². The van der Waals surface area contributed by atoms with Crippen LogP contribution in [0.5, 0.6) is 0 Å². The quantitative estimate of drug-likeness (QED) is 0.124. The first kappa shape index (κ1) is 36.8. The molecule has 0 aliphatic carbocycles. The van der Waals surface area contributed by atoms with Crippen molar-refractivity contribution in [1.29, 1.82) is 0 Å². The number of benzene rings is 1. The molecule has 0 fully saturated rings. The molecule has 0 aromatic heterocycles. The van der Waals surface area contributed by atoms with E-state index in [9.17, 15) is 4.79 Å². The number of nitrogens with two attached hydrogens (primary N) is 2. The first-order chi connectivity index (χ1) is 17.7. The van der Waals surface area contributed by atoms with Gasteiger partial charge < -0.3 is 22.1 Å². The minimum atomic E-state index is -0.517. The van der Waals surface area contributed by atoms with Crippen molar-refractivity contribution in [3.8, 4) is 0 Å². The van der Waals surface area contributed by atoms with Gasteiger partial charge in [0.2, 0.25) is 5.91 Å². The second kappa shape index (κ2) is 25.3. The number of hydrogen-bond acceptors (Lipinski definition) is 4. The van der Waals surface area contributed by atoms with Gasteiger partial charge in [-0.3, -0.25) is 4.79 Å². The molecule has 0 radical (unpaired) electrons. The van der Waals surface area contributed by atoms with Crippen LogP contribution in [0.2, 0.25) is 0 Å². The number of amides is 1. The van der Waals surface area contributed by atoms with Crippen LogP contribution in [0.25, 0.3) is 0 Å². The van der Waals surface area contributed by atoms with E-state index in [1.54, 1.807) is 6.08 Å². The fraction of sp³-hybridized carbons (Fsp3) is 0.594. The van der Waals surface area contributed by atoms with Crippen LogP contribution in [0.3, 0.4) is 0 Å². The first-order valence-corrected chi connectivity index (χ1v) is 14.2. The third kappa shape index (κ3) is 23.8. The zero-order valence-electron chi connectivity index (χ0n) is 24.7. The molecule has 1 unspecified atom stereocenters. The lowest BCUT2D eigenvalue weighted by atomic mass is 10.0. The molecule has 1 aromatic carbocycles. The Morgan fingerprint density at radius 3 is 2.24 bits per heavy atom. The molecule has 0 bridgehead atoms. The summed E-state index contributed by atoms with van der Waals surface area (Å²) in [5.74, 6) is -0.419. The van der Waals surface area contributed by atoms with Gasteiger partial charge in [-0.1, -0.05) is 82.8 Å². The molecule has 1 aromatic rings. The standard InChI is InChI=1S/C25H44N4O.C5H8.C2H6/c1-4-22-12-10-13-23(19-22)16-15-21(3)29-17-8-5-6-11-20(2)28-18-9-7-14-24(26)25(27)30;1-4-5(2)3;1-2/h10,12-13,19,21,24,28-29H,2,4-9,11,14-18,26H2,1,3H3,(H2,27,30);4H,1-2H2,3H3;1-2H3/t21?,24-;;/m0../s1. The molecule has 0 aliphatic heterocycles. The summed E-state index contributed by atoms with van der Waals surface area (Å²) in [5, 5.41) is 7.02. The predicted molar refractivity (Wildman–Crippen MR) is 165 cm³/mol. The molecule has 0 saturated carbocycles. The Bertz CT molecular complexity index is 744. The second-order valence-electron chi connectivity index (χ2n) is 9.46. The summed E-state index contributed by atoms with van der Waals surface area (Å²) >= 11 is 0. The third-order valence-electron chi connectivity index (χ3n) is 5.94. The largest absolute Gasteiger partial charge is 0.389 e. The zero-order chi connectivity index (χ0) is 28.5. The van der Waals surface area contributed by atoms with Crippen molar-refractivity contribution in [3.05, 3.63) is 72.5 Å². The summed E-state index contributed by atoms with van der Waals surface area (Å²) < 4.78 is 0. The summed E-state index contributed by atoms with van der Waals surface area (Å²) in [6.45, 7) is 23.5. The van der Waals surface area contributed by atoms with Crippen LogP contribution < -0.4 is 22.1 Å². The maximum absolute atomic E-state index is 10.9. The molecular formula is C32H58N4O.